The van der Waals surface area contributed by atoms with Crippen molar-refractivity contribution in [2.45, 2.75) is 95.3 Å². The number of halogens is 36. The van der Waals surface area contributed by atoms with Gasteiger partial charge in [0.2, 0.25) is 0 Å². The maximum atomic E-state index is 15.2. The molecule has 5 aromatic rings. The minimum atomic E-state index is -8.96. The molecule has 0 N–H and O–H groups in total. The predicted octanol–water partition coefficient (Wildman–Crippen LogP) is 19.5. The summed E-state index contributed by atoms with van der Waals surface area (Å²) in [5, 5.41) is 12.8. The number of hydrogen-bond donors (Lipinski definition) is 0. The van der Waals surface area contributed by atoms with Gasteiger partial charge in [0.1, 0.15) is 0 Å². The Bertz CT molecular complexity index is 3020. The zero-order valence-corrected chi connectivity index (χ0v) is 46.0. The molecular weight excluding hydrogens is 1570 g/mol. The molecule has 87 heavy (non-hydrogen) atoms. The molecule has 1 aromatic heterocycles. The maximum absolute atomic E-state index is 15.2. The van der Waals surface area contributed by atoms with E-state index in [2.05, 4.69) is 9.98 Å². The number of aromatic nitrogens is 1. The molecule has 0 saturated carbocycles. The number of para-hydroxylation sites is 1. The van der Waals surface area contributed by atoms with E-state index in [9.17, 15) is 137 Å². The fourth-order valence-corrected chi connectivity index (χ4v) is 8.57. The van der Waals surface area contributed by atoms with Crippen molar-refractivity contribution < 1.29 is 171 Å². The van der Waals surface area contributed by atoms with Gasteiger partial charge in [-0.3, -0.25) is 9.98 Å². The molecule has 0 saturated heterocycles. The largest absolute Gasteiger partial charge is 2.00 e. The molecule has 0 unspecified atom stereocenters. The number of nitrogens with zero attached hydrogens (tertiary/aromatic N) is 2. The van der Waals surface area contributed by atoms with Crippen LogP contribution in [0.25, 0.3) is 22.3 Å². The fourth-order valence-electron chi connectivity index (χ4n) is 6.68. The van der Waals surface area contributed by atoms with Crippen molar-refractivity contribution >= 4 is 57.1 Å². The van der Waals surface area contributed by atoms with E-state index >= 15 is 17.6 Å². The topological polar surface area (TPSA) is 48.3 Å². The summed E-state index contributed by atoms with van der Waals surface area (Å²) in [7, 11) is 0. The third-order valence-electron chi connectivity index (χ3n) is 11.5. The van der Waals surface area contributed by atoms with Gasteiger partial charge in [0.15, 0.2) is 0 Å². The van der Waals surface area contributed by atoms with Crippen LogP contribution in [0.2, 0.25) is 0 Å². The Labute approximate surface area is 499 Å². The van der Waals surface area contributed by atoms with Crippen molar-refractivity contribution in [1.29, 1.82) is 0 Å². The molecular formula is C47H22F34I2N2NiO. The Balaban J connectivity index is 0.00000303. The normalized spacial score (nSPS) is 14.5. The van der Waals surface area contributed by atoms with Gasteiger partial charge < -0.3 is 12.5 Å². The van der Waals surface area contributed by atoms with Crippen LogP contribution >= 0.6 is 45.2 Å². The summed E-state index contributed by atoms with van der Waals surface area (Å²) >= 11 is 3.08. The maximum Gasteiger partial charge on any atom is 2.00 e. The second kappa shape index (κ2) is 24.7. The molecule has 40 heteroatoms. The van der Waals surface area contributed by atoms with Crippen molar-refractivity contribution in [2.75, 3.05) is 0 Å². The Kier molecular flexibility index (Phi) is 22.2. The van der Waals surface area contributed by atoms with Gasteiger partial charge in [-0.05, 0) is 86.1 Å². The van der Waals surface area contributed by atoms with E-state index in [0.29, 0.717) is 6.21 Å². The molecule has 0 bridgehead atoms. The first-order chi connectivity index (χ1) is 37.8. The number of benzene rings is 4. The van der Waals surface area contributed by atoms with E-state index < -0.39 is 170 Å². The van der Waals surface area contributed by atoms with Crippen LogP contribution in [0.4, 0.5) is 155 Å². The Morgan fingerprint density at radius 1 is 0.368 bits per heavy atom. The van der Waals surface area contributed by atoms with E-state index in [1.165, 1.54) is 28.7 Å². The van der Waals surface area contributed by atoms with Crippen LogP contribution in [-0.4, -0.2) is 94.6 Å². The van der Waals surface area contributed by atoms with Gasteiger partial charge in [-0.1, -0.05) is 78.5 Å². The van der Waals surface area contributed by atoms with E-state index in [1.54, 1.807) is 35.0 Å². The zero-order valence-electron chi connectivity index (χ0n) is 40.7. The Morgan fingerprint density at radius 3 is 0.920 bits per heavy atom. The first-order valence-corrected chi connectivity index (χ1v) is 23.3. The van der Waals surface area contributed by atoms with Gasteiger partial charge in [-0.25, -0.2) is 0 Å². The SMILES string of the molecule is [CH3-].[Ni+2].[O-]c1c(I)cc(I)cc1C=Nc1c(-c2ccc(C(F)(F)C(F)(F)C(F)(F)C(F)(F)C(F)(F)C(F)(F)C(F)(F)C(F)(F)F)cc2)cccc1-c1ccc(C(F)(F)C(F)(F)C(F)(F)C(F)(F)C(F)(F)C(F)(F)C(F)(F)C(F)(F)F)cc1.c1ccncc1. The standard InChI is InChI=1S/C41H15F34I2NO.C5H5N.CH3.Ni/c42-26(43,28(46,47)30(50,51)32(54,55)34(58,59)36(62,63)38(66,67)40(70,71)72)18-8-4-15(5-9-18)21-2-1-3-22(24(21)78-14-17-12-20(76)13-23(77)25(17)79)16-6-10-19(11-7-16)27(44,45)29(48,49)31(52,53)33(56,57)35(60,61)37(64,65)39(68,69)41(73,74)75;1-2-4-6-5-3-1;;/h1-14,79H;1-5H;1H3;/q;;-1;+2/p-1. The summed E-state index contributed by atoms with van der Waals surface area (Å²) < 4.78 is 474. The molecule has 0 radical (unpaired) electrons. The molecule has 1 heterocycles. The minimum absolute atomic E-state index is 0. The average Bonchev–Trinajstić information content (AvgIpc) is 0.721. The van der Waals surface area contributed by atoms with Crippen LogP contribution in [0.1, 0.15) is 16.7 Å². The molecule has 0 atom stereocenters. The third kappa shape index (κ3) is 12.4. The average molecular weight is 1590 g/mol. The second-order valence-corrected chi connectivity index (χ2v) is 19.4. The second-order valence-electron chi connectivity index (χ2n) is 17.0. The summed E-state index contributed by atoms with van der Waals surface area (Å²) in [6.07, 6.45) is -11.9. The molecule has 4 aromatic carbocycles. The molecule has 0 aliphatic carbocycles. The smallest absolute Gasteiger partial charge is 0.871 e. The van der Waals surface area contributed by atoms with Crippen molar-refractivity contribution in [1.82, 2.24) is 4.98 Å². The molecule has 0 amide bonds. The molecule has 0 aliphatic rings. The minimum Gasteiger partial charge on any atom is -0.871 e. The van der Waals surface area contributed by atoms with E-state index in [-0.39, 0.29) is 55.3 Å². The van der Waals surface area contributed by atoms with E-state index in [4.69, 9.17) is 0 Å². The van der Waals surface area contributed by atoms with Crippen molar-refractivity contribution in [3.63, 3.8) is 0 Å². The summed E-state index contributed by atoms with van der Waals surface area (Å²) in [4.78, 5) is 7.70. The van der Waals surface area contributed by atoms with Gasteiger partial charge in [0.05, 0.1) is 5.69 Å². The number of hydrogen-bond acceptors (Lipinski definition) is 3. The molecule has 3 nitrogen and oxygen atoms in total. The van der Waals surface area contributed by atoms with Crippen LogP contribution in [0.5, 0.6) is 5.75 Å². The van der Waals surface area contributed by atoms with Gasteiger partial charge >= 0.3 is 112 Å². The van der Waals surface area contributed by atoms with Gasteiger partial charge in [0, 0.05) is 48.0 Å². The summed E-state index contributed by atoms with van der Waals surface area (Å²) in [6.45, 7) is 0. The van der Waals surface area contributed by atoms with Gasteiger partial charge in [-0.15, -0.1) is 0 Å². The Hall–Kier alpha value is -4.93. The zero-order chi connectivity index (χ0) is 66.2. The summed E-state index contributed by atoms with van der Waals surface area (Å²) in [5.74, 6) is -119. The first kappa shape index (κ1) is 78.2. The van der Waals surface area contributed by atoms with Crippen LogP contribution in [0, 0.1) is 14.6 Å². The molecule has 0 aliphatic heterocycles. The van der Waals surface area contributed by atoms with Crippen LogP contribution in [0.15, 0.2) is 114 Å². The molecule has 488 valence electrons. The molecule has 0 fully saturated rings. The van der Waals surface area contributed by atoms with E-state index in [1.807, 2.05) is 18.2 Å². The molecule has 5 rings (SSSR count). The molecule has 0 spiro atoms. The number of rotatable bonds is 18. The third-order valence-corrected chi connectivity index (χ3v) is 13.0. The fraction of sp³-hybridized carbons (Fsp3) is 0.340. The summed E-state index contributed by atoms with van der Waals surface area (Å²) in [5.41, 5.74) is -9.82. The van der Waals surface area contributed by atoms with E-state index in [0.717, 1.165) is 24.3 Å². The number of alkyl halides is 34. The first-order valence-electron chi connectivity index (χ1n) is 21.2. The summed E-state index contributed by atoms with van der Waals surface area (Å²) in [6, 6.07) is 8.52. The van der Waals surface area contributed by atoms with Crippen LogP contribution in [-0.2, 0) is 28.3 Å². The van der Waals surface area contributed by atoms with Gasteiger partial charge in [-0.2, -0.15) is 149 Å². The number of aliphatic imine (C=N–C) groups is 1. The van der Waals surface area contributed by atoms with Crippen molar-refractivity contribution in [2.24, 2.45) is 4.99 Å². The van der Waals surface area contributed by atoms with Crippen LogP contribution < -0.4 is 5.11 Å². The van der Waals surface area contributed by atoms with Crippen molar-refractivity contribution in [3.05, 3.63) is 141 Å². The quantitative estimate of drug-likeness (QED) is 0.0289. The monoisotopic (exact) mass is 1590 g/mol. The van der Waals surface area contributed by atoms with Crippen LogP contribution in [0.3, 0.4) is 0 Å². The Morgan fingerprint density at radius 2 is 0.655 bits per heavy atom. The van der Waals surface area contributed by atoms with Gasteiger partial charge in [0.25, 0.3) is 0 Å². The van der Waals surface area contributed by atoms with Crippen molar-refractivity contribution in [3.8, 4) is 28.0 Å². The number of pyridine rings is 1. The predicted molar refractivity (Wildman–Crippen MR) is 246 cm³/mol.